The number of aromatic nitrogens is 2. The zero-order valence-corrected chi connectivity index (χ0v) is 18.2. The standard InChI is InChI=1S/C23H27N7O2/c1-16(31)27-17-3-5-18(6-4-17)28-22-21(24)23(26-15-25-22)30-13-11-29(12-14-30)19-7-9-20(32-2)10-8-19/h3-10,15H,11-14,24H2,1-2H3,(H,27,31)(H,25,26,28). The third kappa shape index (κ3) is 4.83. The molecular formula is C23H27N7O2. The van der Waals surface area contributed by atoms with Gasteiger partial charge < -0.3 is 30.9 Å². The van der Waals surface area contributed by atoms with E-state index in [0.29, 0.717) is 11.5 Å². The van der Waals surface area contributed by atoms with Crippen molar-refractivity contribution in [3.05, 3.63) is 54.9 Å². The minimum absolute atomic E-state index is 0.109. The summed E-state index contributed by atoms with van der Waals surface area (Å²) in [7, 11) is 1.67. The van der Waals surface area contributed by atoms with E-state index in [9.17, 15) is 4.79 Å². The Morgan fingerprint density at radius 3 is 2.19 bits per heavy atom. The van der Waals surface area contributed by atoms with Gasteiger partial charge in [-0.3, -0.25) is 4.79 Å². The Hall–Kier alpha value is -4.01. The maximum atomic E-state index is 11.2. The number of benzene rings is 2. The third-order valence-corrected chi connectivity index (χ3v) is 5.35. The number of ether oxygens (including phenoxy) is 1. The molecule has 0 unspecified atom stereocenters. The summed E-state index contributed by atoms with van der Waals surface area (Å²) in [5.74, 6) is 2.03. The lowest BCUT2D eigenvalue weighted by atomic mass is 10.2. The van der Waals surface area contributed by atoms with E-state index in [-0.39, 0.29) is 5.91 Å². The Bertz CT molecular complexity index is 1060. The normalized spacial score (nSPS) is 13.6. The summed E-state index contributed by atoms with van der Waals surface area (Å²) in [4.78, 5) is 24.4. The van der Waals surface area contributed by atoms with Gasteiger partial charge in [-0.1, -0.05) is 0 Å². The molecule has 9 heteroatoms. The first-order valence-electron chi connectivity index (χ1n) is 10.4. The van der Waals surface area contributed by atoms with Crippen molar-refractivity contribution in [2.75, 3.05) is 59.5 Å². The highest BCUT2D eigenvalue weighted by atomic mass is 16.5. The molecule has 0 atom stereocenters. The molecule has 0 spiro atoms. The Morgan fingerprint density at radius 2 is 1.56 bits per heavy atom. The molecule has 1 saturated heterocycles. The molecule has 0 saturated carbocycles. The van der Waals surface area contributed by atoms with Crippen LogP contribution in [-0.2, 0) is 4.79 Å². The van der Waals surface area contributed by atoms with E-state index in [4.69, 9.17) is 10.5 Å². The average molecular weight is 434 g/mol. The fraction of sp³-hybridized carbons (Fsp3) is 0.261. The minimum atomic E-state index is -0.109. The number of nitrogen functional groups attached to an aromatic ring is 1. The Kier molecular flexibility index (Phi) is 6.25. The number of hydrogen-bond acceptors (Lipinski definition) is 8. The third-order valence-electron chi connectivity index (χ3n) is 5.35. The summed E-state index contributed by atoms with van der Waals surface area (Å²) < 4.78 is 5.24. The smallest absolute Gasteiger partial charge is 0.221 e. The number of piperazine rings is 1. The van der Waals surface area contributed by atoms with Crippen LogP contribution in [0.5, 0.6) is 5.75 Å². The highest BCUT2D eigenvalue weighted by Gasteiger charge is 2.21. The van der Waals surface area contributed by atoms with Gasteiger partial charge in [0.15, 0.2) is 11.6 Å². The lowest BCUT2D eigenvalue weighted by Gasteiger charge is -2.37. The fourth-order valence-electron chi connectivity index (χ4n) is 3.68. The molecule has 166 valence electrons. The first-order chi connectivity index (χ1) is 15.5. The summed E-state index contributed by atoms with van der Waals surface area (Å²) in [6.07, 6.45) is 1.52. The monoisotopic (exact) mass is 433 g/mol. The van der Waals surface area contributed by atoms with Crippen molar-refractivity contribution in [1.29, 1.82) is 0 Å². The van der Waals surface area contributed by atoms with Gasteiger partial charge in [0.2, 0.25) is 5.91 Å². The number of carbonyl (C=O) groups excluding carboxylic acids is 1. The van der Waals surface area contributed by atoms with E-state index in [1.54, 1.807) is 7.11 Å². The van der Waals surface area contributed by atoms with Crippen molar-refractivity contribution in [3.8, 4) is 5.75 Å². The van der Waals surface area contributed by atoms with E-state index in [1.165, 1.54) is 18.9 Å². The maximum absolute atomic E-state index is 11.2. The Morgan fingerprint density at radius 1 is 0.938 bits per heavy atom. The van der Waals surface area contributed by atoms with Crippen LogP contribution in [0.2, 0.25) is 0 Å². The molecule has 2 aromatic carbocycles. The van der Waals surface area contributed by atoms with Crippen molar-refractivity contribution >= 4 is 40.3 Å². The Labute approximate surface area is 187 Å². The van der Waals surface area contributed by atoms with Crippen molar-refractivity contribution < 1.29 is 9.53 Å². The van der Waals surface area contributed by atoms with Crippen LogP contribution >= 0.6 is 0 Å². The molecule has 1 aromatic heterocycles. The van der Waals surface area contributed by atoms with Crippen LogP contribution in [0.1, 0.15) is 6.92 Å². The fourth-order valence-corrected chi connectivity index (χ4v) is 3.68. The number of hydrogen-bond donors (Lipinski definition) is 3. The summed E-state index contributed by atoms with van der Waals surface area (Å²) in [5, 5.41) is 5.99. The Balaban J connectivity index is 1.42. The SMILES string of the molecule is COc1ccc(N2CCN(c3ncnc(Nc4ccc(NC(C)=O)cc4)c3N)CC2)cc1. The number of nitrogens with zero attached hydrogens (tertiary/aromatic N) is 4. The minimum Gasteiger partial charge on any atom is -0.497 e. The van der Waals surface area contributed by atoms with Gasteiger partial charge in [0.25, 0.3) is 0 Å². The van der Waals surface area contributed by atoms with Gasteiger partial charge in [-0.05, 0) is 48.5 Å². The molecule has 0 bridgehead atoms. The van der Waals surface area contributed by atoms with Gasteiger partial charge in [-0.15, -0.1) is 0 Å². The number of amides is 1. The van der Waals surface area contributed by atoms with Gasteiger partial charge in [0.1, 0.15) is 17.8 Å². The largest absolute Gasteiger partial charge is 0.497 e. The molecule has 4 N–H and O–H groups in total. The van der Waals surface area contributed by atoms with Gasteiger partial charge in [-0.2, -0.15) is 0 Å². The molecule has 32 heavy (non-hydrogen) atoms. The first kappa shape index (κ1) is 21.2. The number of anilines is 6. The molecule has 1 aliphatic rings. The van der Waals surface area contributed by atoms with Gasteiger partial charge in [0.05, 0.1) is 7.11 Å². The summed E-state index contributed by atoms with van der Waals surface area (Å²) in [6.45, 7) is 4.81. The predicted octanol–water partition coefficient (Wildman–Crippen LogP) is 3.10. The molecule has 9 nitrogen and oxygen atoms in total. The highest BCUT2D eigenvalue weighted by Crippen LogP contribution is 2.30. The van der Waals surface area contributed by atoms with Crippen LogP contribution in [0.4, 0.5) is 34.4 Å². The number of rotatable bonds is 6. The van der Waals surface area contributed by atoms with Crippen molar-refractivity contribution in [1.82, 2.24) is 9.97 Å². The molecule has 0 radical (unpaired) electrons. The topological polar surface area (TPSA) is 109 Å². The predicted molar refractivity (Wildman–Crippen MR) is 128 cm³/mol. The van der Waals surface area contributed by atoms with Crippen LogP contribution in [0, 0.1) is 0 Å². The summed E-state index contributed by atoms with van der Waals surface area (Å²) in [5.41, 5.74) is 9.65. The van der Waals surface area contributed by atoms with Crippen LogP contribution in [0.3, 0.4) is 0 Å². The highest BCUT2D eigenvalue weighted by molar-refractivity contribution is 5.89. The number of nitrogens with two attached hydrogens (primary N) is 1. The average Bonchev–Trinajstić information content (AvgIpc) is 2.81. The molecule has 1 fully saturated rings. The molecule has 2 heterocycles. The van der Waals surface area contributed by atoms with Crippen molar-refractivity contribution in [3.63, 3.8) is 0 Å². The second kappa shape index (κ2) is 9.42. The number of nitrogens with one attached hydrogen (secondary N) is 2. The van der Waals surface area contributed by atoms with E-state index in [0.717, 1.165) is 49.1 Å². The van der Waals surface area contributed by atoms with E-state index < -0.39 is 0 Å². The van der Waals surface area contributed by atoms with Crippen molar-refractivity contribution in [2.24, 2.45) is 0 Å². The molecular weight excluding hydrogens is 406 g/mol. The maximum Gasteiger partial charge on any atom is 0.221 e. The van der Waals surface area contributed by atoms with Gasteiger partial charge in [0, 0.05) is 50.2 Å². The zero-order valence-electron chi connectivity index (χ0n) is 18.2. The second-order valence-corrected chi connectivity index (χ2v) is 7.52. The van der Waals surface area contributed by atoms with Crippen molar-refractivity contribution in [2.45, 2.75) is 6.92 Å². The molecule has 0 aliphatic carbocycles. The van der Waals surface area contributed by atoms with Crippen LogP contribution in [-0.4, -0.2) is 49.2 Å². The first-order valence-corrected chi connectivity index (χ1v) is 10.4. The van der Waals surface area contributed by atoms with Crippen LogP contribution in [0.15, 0.2) is 54.9 Å². The van der Waals surface area contributed by atoms with E-state index in [2.05, 4.69) is 42.5 Å². The zero-order chi connectivity index (χ0) is 22.5. The van der Waals surface area contributed by atoms with E-state index >= 15 is 0 Å². The molecule has 4 rings (SSSR count). The molecule has 1 amide bonds. The number of carbonyl (C=O) groups is 1. The van der Waals surface area contributed by atoms with Crippen LogP contribution in [0.25, 0.3) is 0 Å². The van der Waals surface area contributed by atoms with E-state index in [1.807, 2.05) is 36.4 Å². The lowest BCUT2D eigenvalue weighted by Crippen LogP contribution is -2.47. The molecule has 3 aromatic rings. The molecule has 1 aliphatic heterocycles. The summed E-state index contributed by atoms with van der Waals surface area (Å²) >= 11 is 0. The quantitative estimate of drug-likeness (QED) is 0.544. The van der Waals surface area contributed by atoms with Gasteiger partial charge in [-0.25, -0.2) is 9.97 Å². The lowest BCUT2D eigenvalue weighted by molar-refractivity contribution is -0.114. The summed E-state index contributed by atoms with van der Waals surface area (Å²) in [6, 6.07) is 15.5. The number of methoxy groups -OCH3 is 1. The van der Waals surface area contributed by atoms with Gasteiger partial charge >= 0.3 is 0 Å². The van der Waals surface area contributed by atoms with Crippen LogP contribution < -0.4 is 30.9 Å². The second-order valence-electron chi connectivity index (χ2n) is 7.52.